The molecule has 0 aromatic heterocycles. The summed E-state index contributed by atoms with van der Waals surface area (Å²) >= 11 is 0. The van der Waals surface area contributed by atoms with Gasteiger partial charge in [0.15, 0.2) is 0 Å². The summed E-state index contributed by atoms with van der Waals surface area (Å²) in [5.41, 5.74) is 1.64. The average molecular weight is 372 g/mol. The van der Waals surface area contributed by atoms with Crippen molar-refractivity contribution in [2.45, 2.75) is 38.5 Å². The molecule has 0 aliphatic heterocycles. The number of carbonyl (C=O) groups is 2. The predicted molar refractivity (Wildman–Crippen MR) is 89.0 cm³/mol. The molecule has 0 heterocycles. The minimum Gasteiger partial charge on any atom is -0.549 e. The molecule has 26 heavy (non-hydrogen) atoms. The van der Waals surface area contributed by atoms with E-state index < -0.39 is 23.8 Å². The third-order valence-corrected chi connectivity index (χ3v) is 3.79. The molecule has 0 bridgehead atoms. The minimum absolute atomic E-state index is 0. The van der Waals surface area contributed by atoms with E-state index in [0.29, 0.717) is 12.8 Å². The second kappa shape index (κ2) is 15.4. The molecule has 0 aliphatic carbocycles. The van der Waals surface area contributed by atoms with E-state index in [9.17, 15) is 19.8 Å². The second-order valence-corrected chi connectivity index (χ2v) is 5.38. The van der Waals surface area contributed by atoms with Crippen LogP contribution in [0.3, 0.4) is 0 Å². The molecule has 2 atom stereocenters. The Morgan fingerprint density at radius 2 is 0.962 bits per heavy atom. The van der Waals surface area contributed by atoms with Gasteiger partial charge in [-0.3, -0.25) is 0 Å². The van der Waals surface area contributed by atoms with E-state index >= 15 is 0 Å². The van der Waals surface area contributed by atoms with Gasteiger partial charge in [0.2, 0.25) is 0 Å². The zero-order valence-electron chi connectivity index (χ0n) is 16.0. The van der Waals surface area contributed by atoms with Gasteiger partial charge in [-0.15, -0.1) is 0 Å². The Balaban J connectivity index is 0. The maximum Gasteiger partial charge on any atom is 1.00 e. The van der Waals surface area contributed by atoms with Crippen LogP contribution >= 0.6 is 0 Å². The van der Waals surface area contributed by atoms with Crippen LogP contribution in [0.4, 0.5) is 0 Å². The fourth-order valence-corrected chi connectivity index (χ4v) is 2.45. The Bertz CT molecular complexity index is 575. The molecule has 2 aromatic carbocycles. The number of benzene rings is 2. The Labute approximate surface area is 199 Å². The number of carbonyl (C=O) groups excluding carboxylic acids is 2. The third kappa shape index (κ3) is 9.36. The van der Waals surface area contributed by atoms with Crippen LogP contribution in [0, 0.1) is 0 Å². The number of carboxylic acids is 2. The van der Waals surface area contributed by atoms with Gasteiger partial charge in [-0.05, 0) is 24.0 Å². The smallest absolute Gasteiger partial charge is 0.549 e. The molecule has 2 aromatic rings. The van der Waals surface area contributed by atoms with E-state index in [1.807, 2.05) is 74.5 Å². The number of hydrogen-bond donors (Lipinski definition) is 0. The Morgan fingerprint density at radius 1 is 0.692 bits per heavy atom. The van der Waals surface area contributed by atoms with Crippen molar-refractivity contribution in [2.24, 2.45) is 0 Å². The van der Waals surface area contributed by atoms with Gasteiger partial charge in [-0.25, -0.2) is 0 Å². The van der Waals surface area contributed by atoms with Crippen LogP contribution in [-0.4, -0.2) is 11.9 Å². The molecular weight excluding hydrogens is 350 g/mol. The number of hydrogen-bond acceptors (Lipinski definition) is 4. The van der Waals surface area contributed by atoms with Gasteiger partial charge in [-0.1, -0.05) is 74.5 Å². The molecule has 2 rings (SSSR count). The van der Waals surface area contributed by atoms with Crippen LogP contribution in [0.25, 0.3) is 0 Å². The molecular formula is C20H22Na2O4. The van der Waals surface area contributed by atoms with Crippen molar-refractivity contribution in [3.8, 4) is 0 Å². The Morgan fingerprint density at radius 3 is 1.15 bits per heavy atom. The monoisotopic (exact) mass is 372 g/mol. The van der Waals surface area contributed by atoms with Gasteiger partial charge in [-0.2, -0.15) is 0 Å². The molecule has 6 heteroatoms. The molecule has 4 nitrogen and oxygen atoms in total. The molecule has 128 valence electrons. The molecule has 0 saturated carbocycles. The summed E-state index contributed by atoms with van der Waals surface area (Å²) in [7, 11) is 0. The predicted octanol–water partition coefficient (Wildman–Crippen LogP) is -4.13. The van der Waals surface area contributed by atoms with Crippen molar-refractivity contribution < 1.29 is 78.9 Å². The summed E-state index contributed by atoms with van der Waals surface area (Å²) in [5, 5.41) is 21.2. The molecule has 0 aliphatic rings. The van der Waals surface area contributed by atoms with Crippen LogP contribution in [0.2, 0.25) is 0 Å². The summed E-state index contributed by atoms with van der Waals surface area (Å²) in [5.74, 6) is -2.93. The minimum atomic E-state index is -0.997. The summed E-state index contributed by atoms with van der Waals surface area (Å²) in [6.07, 6.45) is 1.15. The van der Waals surface area contributed by atoms with Crippen LogP contribution in [-0.2, 0) is 9.59 Å². The molecule has 0 spiro atoms. The van der Waals surface area contributed by atoms with Gasteiger partial charge < -0.3 is 19.8 Å². The average Bonchev–Trinajstić information content (AvgIpc) is 2.58. The molecule has 0 radical (unpaired) electrons. The van der Waals surface area contributed by atoms with E-state index in [1.165, 1.54) is 0 Å². The van der Waals surface area contributed by atoms with Gasteiger partial charge in [0.25, 0.3) is 0 Å². The standard InChI is InChI=1S/2C10H12O2.2Na/c2*1-2-9(10(11)12)8-6-4-3-5-7-8;;/h2*3-7,9H,2H2,1H3,(H,11,12);;/q;;2*+1/p-2. The zero-order chi connectivity index (χ0) is 17.9. The van der Waals surface area contributed by atoms with Crippen molar-refractivity contribution in [2.75, 3.05) is 0 Å². The topological polar surface area (TPSA) is 80.3 Å². The van der Waals surface area contributed by atoms with Crippen molar-refractivity contribution in [3.05, 3.63) is 71.8 Å². The van der Waals surface area contributed by atoms with Crippen LogP contribution in [0.5, 0.6) is 0 Å². The van der Waals surface area contributed by atoms with Crippen molar-refractivity contribution in [1.82, 2.24) is 0 Å². The van der Waals surface area contributed by atoms with E-state index in [4.69, 9.17) is 0 Å². The second-order valence-electron chi connectivity index (χ2n) is 5.38. The van der Waals surface area contributed by atoms with Crippen LogP contribution in [0.1, 0.15) is 49.7 Å². The largest absolute Gasteiger partial charge is 1.00 e. The quantitative estimate of drug-likeness (QED) is 0.483. The molecule has 2 unspecified atom stereocenters. The first kappa shape index (κ1) is 27.6. The van der Waals surface area contributed by atoms with Gasteiger partial charge in [0.1, 0.15) is 0 Å². The number of rotatable bonds is 6. The maximum atomic E-state index is 10.6. The van der Waals surface area contributed by atoms with Crippen LogP contribution < -0.4 is 69.3 Å². The van der Waals surface area contributed by atoms with Crippen LogP contribution in [0.15, 0.2) is 60.7 Å². The van der Waals surface area contributed by atoms with Gasteiger partial charge in [0, 0.05) is 23.8 Å². The van der Waals surface area contributed by atoms with Crippen molar-refractivity contribution in [3.63, 3.8) is 0 Å². The maximum absolute atomic E-state index is 10.6. The normalized spacial score (nSPS) is 11.5. The zero-order valence-corrected chi connectivity index (χ0v) is 20.0. The van der Waals surface area contributed by atoms with E-state index in [-0.39, 0.29) is 59.1 Å². The Kier molecular flexibility index (Phi) is 16.4. The summed E-state index contributed by atoms with van der Waals surface area (Å²) in [6.45, 7) is 3.68. The number of aliphatic carboxylic acids is 2. The van der Waals surface area contributed by atoms with E-state index in [0.717, 1.165) is 11.1 Å². The number of carboxylic acid groups (broad SMARTS) is 2. The summed E-state index contributed by atoms with van der Waals surface area (Å²) in [4.78, 5) is 21.2. The molecule has 0 N–H and O–H groups in total. The molecule has 0 fully saturated rings. The fraction of sp³-hybridized carbons (Fsp3) is 0.300. The first-order valence-electron chi connectivity index (χ1n) is 8.02. The molecule has 0 saturated heterocycles. The van der Waals surface area contributed by atoms with Gasteiger partial charge >= 0.3 is 59.1 Å². The third-order valence-electron chi connectivity index (χ3n) is 3.79. The SMILES string of the molecule is CCC(C(=O)[O-])c1ccccc1.CCC(C(=O)[O-])c1ccccc1.[Na+].[Na+]. The summed E-state index contributed by atoms with van der Waals surface area (Å²) < 4.78 is 0. The van der Waals surface area contributed by atoms with E-state index in [1.54, 1.807) is 0 Å². The first-order valence-corrected chi connectivity index (χ1v) is 8.02. The van der Waals surface area contributed by atoms with E-state index in [2.05, 4.69) is 0 Å². The van der Waals surface area contributed by atoms with Crippen molar-refractivity contribution >= 4 is 11.9 Å². The van der Waals surface area contributed by atoms with Crippen molar-refractivity contribution in [1.29, 1.82) is 0 Å². The van der Waals surface area contributed by atoms with Gasteiger partial charge in [0.05, 0.1) is 0 Å². The Hall–Kier alpha value is -0.620. The molecule has 0 amide bonds. The fourth-order valence-electron chi connectivity index (χ4n) is 2.45. The first-order chi connectivity index (χ1) is 11.5. The summed E-state index contributed by atoms with van der Waals surface area (Å²) in [6, 6.07) is 18.3.